The van der Waals surface area contributed by atoms with E-state index in [1.54, 1.807) is 6.92 Å². The van der Waals surface area contributed by atoms with Crippen molar-refractivity contribution in [1.29, 1.82) is 0 Å². The van der Waals surface area contributed by atoms with E-state index in [1.807, 2.05) is 24.3 Å². The van der Waals surface area contributed by atoms with E-state index in [-0.39, 0.29) is 0 Å². The molecule has 0 aliphatic carbocycles. The van der Waals surface area contributed by atoms with Crippen LogP contribution >= 0.6 is 22.6 Å². The minimum Gasteiger partial charge on any atom is -0.390 e. The number of benzene rings is 1. The maximum Gasteiger partial charge on any atom is 0.106 e. The van der Waals surface area contributed by atoms with E-state index in [4.69, 9.17) is 5.11 Å². The lowest BCUT2D eigenvalue weighted by Crippen LogP contribution is -2.14. The zero-order valence-electron chi connectivity index (χ0n) is 6.74. The third-order valence-corrected chi connectivity index (χ3v) is 2.66. The van der Waals surface area contributed by atoms with Crippen LogP contribution in [-0.2, 0) is 0 Å². The Kier molecular flexibility index (Phi) is 3.49. The number of rotatable bonds is 2. The Hall–Kier alpha value is -0.130. The van der Waals surface area contributed by atoms with Crippen LogP contribution < -0.4 is 0 Å². The first-order valence-electron chi connectivity index (χ1n) is 3.73. The topological polar surface area (TPSA) is 40.5 Å². The highest BCUT2D eigenvalue weighted by Gasteiger charge is 2.15. The quantitative estimate of drug-likeness (QED) is 0.808. The molecule has 0 aromatic heterocycles. The van der Waals surface area contributed by atoms with Gasteiger partial charge >= 0.3 is 0 Å². The Labute approximate surface area is 85.4 Å². The van der Waals surface area contributed by atoms with Crippen molar-refractivity contribution < 1.29 is 10.2 Å². The Morgan fingerprint density at radius 2 is 1.83 bits per heavy atom. The molecule has 0 radical (unpaired) electrons. The van der Waals surface area contributed by atoms with Crippen molar-refractivity contribution in [3.63, 3.8) is 0 Å². The maximum atomic E-state index is 9.52. The molecule has 2 nitrogen and oxygen atoms in total. The molecule has 1 aromatic carbocycles. The summed E-state index contributed by atoms with van der Waals surface area (Å²) in [4.78, 5) is 0. The van der Waals surface area contributed by atoms with Gasteiger partial charge < -0.3 is 10.2 Å². The molecule has 0 amide bonds. The average Bonchev–Trinajstić information content (AvgIpc) is 2.04. The van der Waals surface area contributed by atoms with E-state index in [2.05, 4.69) is 22.6 Å². The fourth-order valence-electron chi connectivity index (χ4n) is 0.975. The Morgan fingerprint density at radius 3 is 2.33 bits per heavy atom. The van der Waals surface area contributed by atoms with Gasteiger partial charge in [0, 0.05) is 3.57 Å². The molecule has 1 rings (SSSR count). The monoisotopic (exact) mass is 278 g/mol. The molecule has 3 heteroatoms. The first-order chi connectivity index (χ1) is 5.63. The first-order valence-corrected chi connectivity index (χ1v) is 4.81. The minimum absolute atomic E-state index is 0.721. The highest BCUT2D eigenvalue weighted by atomic mass is 127. The molecule has 0 fully saturated rings. The largest absolute Gasteiger partial charge is 0.390 e. The van der Waals surface area contributed by atoms with Gasteiger partial charge in [0.2, 0.25) is 0 Å². The molecule has 0 aliphatic heterocycles. The molecule has 12 heavy (non-hydrogen) atoms. The summed E-state index contributed by atoms with van der Waals surface area (Å²) < 4.78 is 0.975. The van der Waals surface area contributed by atoms with Gasteiger partial charge in [-0.25, -0.2) is 0 Å². The normalized spacial score (nSPS) is 15.7. The lowest BCUT2D eigenvalue weighted by atomic mass is 10.1. The van der Waals surface area contributed by atoms with Gasteiger partial charge in [0.1, 0.15) is 6.10 Å². The van der Waals surface area contributed by atoms with Crippen LogP contribution in [0.3, 0.4) is 0 Å². The van der Waals surface area contributed by atoms with Crippen molar-refractivity contribution in [2.75, 3.05) is 0 Å². The van der Waals surface area contributed by atoms with Gasteiger partial charge in [-0.1, -0.05) is 18.2 Å². The zero-order chi connectivity index (χ0) is 9.14. The van der Waals surface area contributed by atoms with E-state index in [1.165, 1.54) is 0 Å². The lowest BCUT2D eigenvalue weighted by Gasteiger charge is -2.14. The maximum absolute atomic E-state index is 9.52. The predicted molar refractivity (Wildman–Crippen MR) is 55.8 cm³/mol. The number of aliphatic hydroxyl groups is 2. The van der Waals surface area contributed by atoms with Gasteiger partial charge in [-0.05, 0) is 41.1 Å². The van der Waals surface area contributed by atoms with Crippen LogP contribution in [0.1, 0.15) is 18.6 Å². The molecule has 1 aromatic rings. The summed E-state index contributed by atoms with van der Waals surface area (Å²) >= 11 is 2.14. The molecule has 2 N–H and O–H groups in total. The zero-order valence-corrected chi connectivity index (χ0v) is 8.89. The molecule has 0 unspecified atom stereocenters. The summed E-state index contributed by atoms with van der Waals surface area (Å²) in [6, 6.07) is 7.48. The third kappa shape index (κ3) is 2.18. The highest BCUT2D eigenvalue weighted by molar-refractivity contribution is 14.1. The van der Waals surface area contributed by atoms with Crippen molar-refractivity contribution in [3.05, 3.63) is 33.4 Å². The summed E-state index contributed by atoms with van der Waals surface area (Å²) in [5, 5.41) is 18.7. The smallest absolute Gasteiger partial charge is 0.106 e. The Bertz CT molecular complexity index is 260. The molecule has 0 aliphatic rings. The van der Waals surface area contributed by atoms with Crippen molar-refractivity contribution in [3.8, 4) is 0 Å². The van der Waals surface area contributed by atoms with E-state index in [0.717, 1.165) is 9.13 Å². The van der Waals surface area contributed by atoms with Gasteiger partial charge in [-0.2, -0.15) is 0 Å². The van der Waals surface area contributed by atoms with E-state index in [9.17, 15) is 5.11 Å². The second-order valence-electron chi connectivity index (χ2n) is 2.71. The molecule has 0 bridgehead atoms. The molecule has 0 saturated heterocycles. The van der Waals surface area contributed by atoms with Crippen molar-refractivity contribution in [2.24, 2.45) is 0 Å². The first kappa shape index (κ1) is 9.95. The van der Waals surface area contributed by atoms with E-state index < -0.39 is 12.2 Å². The molecule has 66 valence electrons. The lowest BCUT2D eigenvalue weighted by molar-refractivity contribution is 0.0300. The highest BCUT2D eigenvalue weighted by Crippen LogP contribution is 2.21. The average molecular weight is 278 g/mol. The number of hydrogen-bond donors (Lipinski definition) is 2. The van der Waals surface area contributed by atoms with Crippen LogP contribution in [0.15, 0.2) is 24.3 Å². The second-order valence-corrected chi connectivity index (χ2v) is 3.87. The predicted octanol–water partition coefficient (Wildman–Crippen LogP) is 1.71. The van der Waals surface area contributed by atoms with E-state index >= 15 is 0 Å². The standard InChI is InChI=1S/C9H11IO2/c1-6(11)9(12)7-4-2-3-5-8(7)10/h2-6,9,11-12H,1H3/t6-,9+/m1/s1. The number of halogens is 1. The summed E-state index contributed by atoms with van der Waals surface area (Å²) in [5.41, 5.74) is 0.785. The number of hydrogen-bond acceptors (Lipinski definition) is 2. The molecule has 0 saturated carbocycles. The van der Waals surface area contributed by atoms with Gasteiger partial charge in [0.25, 0.3) is 0 Å². The molecule has 0 heterocycles. The molecular formula is C9H11IO2. The van der Waals surface area contributed by atoms with Crippen LogP contribution in [0.25, 0.3) is 0 Å². The fraction of sp³-hybridized carbons (Fsp3) is 0.333. The summed E-state index contributed by atoms with van der Waals surface area (Å²) in [6.45, 7) is 1.58. The fourth-order valence-corrected chi connectivity index (χ4v) is 1.68. The number of aliphatic hydroxyl groups excluding tert-OH is 2. The molecule has 0 spiro atoms. The van der Waals surface area contributed by atoms with E-state index in [0.29, 0.717) is 0 Å². The summed E-state index contributed by atoms with van der Waals surface area (Å²) in [6.07, 6.45) is -1.50. The van der Waals surface area contributed by atoms with Gasteiger partial charge in [0.05, 0.1) is 6.10 Å². The third-order valence-electron chi connectivity index (χ3n) is 1.68. The van der Waals surface area contributed by atoms with Crippen LogP contribution in [0.2, 0.25) is 0 Å². The van der Waals surface area contributed by atoms with Crippen molar-refractivity contribution >= 4 is 22.6 Å². The molecule has 2 atom stereocenters. The van der Waals surface area contributed by atoms with Gasteiger partial charge in [0.15, 0.2) is 0 Å². The second kappa shape index (κ2) is 4.20. The van der Waals surface area contributed by atoms with Crippen molar-refractivity contribution in [1.82, 2.24) is 0 Å². The van der Waals surface area contributed by atoms with Crippen LogP contribution in [0.5, 0.6) is 0 Å². The minimum atomic E-state index is -0.780. The van der Waals surface area contributed by atoms with Gasteiger partial charge in [-0.15, -0.1) is 0 Å². The SMILES string of the molecule is C[C@@H](O)[C@H](O)c1ccccc1I. The Morgan fingerprint density at radius 1 is 1.25 bits per heavy atom. The molecular weight excluding hydrogens is 267 g/mol. The van der Waals surface area contributed by atoms with Crippen molar-refractivity contribution in [2.45, 2.75) is 19.1 Å². The Balaban J connectivity index is 2.94. The van der Waals surface area contributed by atoms with Crippen LogP contribution in [0.4, 0.5) is 0 Å². The van der Waals surface area contributed by atoms with Gasteiger partial charge in [-0.3, -0.25) is 0 Å². The summed E-state index contributed by atoms with van der Waals surface area (Å²) in [5.74, 6) is 0. The van der Waals surface area contributed by atoms with Crippen LogP contribution in [-0.4, -0.2) is 16.3 Å². The summed E-state index contributed by atoms with van der Waals surface area (Å²) in [7, 11) is 0. The van der Waals surface area contributed by atoms with Crippen LogP contribution in [0, 0.1) is 3.57 Å².